The Morgan fingerprint density at radius 2 is 1.64 bits per heavy atom. The van der Waals surface area contributed by atoms with Crippen LogP contribution in [0.5, 0.6) is 0 Å². The van der Waals surface area contributed by atoms with Gasteiger partial charge in [-0.1, -0.05) is 12.1 Å². The van der Waals surface area contributed by atoms with Gasteiger partial charge in [-0.3, -0.25) is 19.5 Å². The molecule has 3 aliphatic heterocycles. The van der Waals surface area contributed by atoms with Crippen LogP contribution in [0.15, 0.2) is 36.7 Å². The zero-order chi connectivity index (χ0) is 24.9. The molecule has 1 aromatic heterocycles. The van der Waals surface area contributed by atoms with E-state index in [9.17, 15) is 9.59 Å². The average Bonchev–Trinajstić information content (AvgIpc) is 2.94. The van der Waals surface area contributed by atoms with Crippen LogP contribution in [0.25, 0.3) is 0 Å². The maximum Gasteiger partial charge on any atom is 0.274 e. The highest BCUT2D eigenvalue weighted by molar-refractivity contribution is 5.94. The third-order valence-corrected chi connectivity index (χ3v) is 7.89. The number of aromatic nitrogens is 2. The van der Waals surface area contributed by atoms with E-state index in [1.165, 1.54) is 5.56 Å². The lowest BCUT2D eigenvalue weighted by molar-refractivity contribution is 0.0341. The topological polar surface area (TPSA) is 78.9 Å². The number of rotatable bonds is 5. The van der Waals surface area contributed by atoms with Crippen molar-refractivity contribution in [3.8, 4) is 0 Å². The van der Waals surface area contributed by atoms with E-state index in [1.807, 2.05) is 24.0 Å². The number of hydrogen-bond acceptors (Lipinski definition) is 6. The molecule has 1 unspecified atom stereocenters. The van der Waals surface area contributed by atoms with Crippen molar-refractivity contribution in [2.24, 2.45) is 5.92 Å². The van der Waals surface area contributed by atoms with Crippen LogP contribution in [-0.4, -0.2) is 88.5 Å². The molecule has 5 rings (SSSR count). The van der Waals surface area contributed by atoms with Gasteiger partial charge in [0.1, 0.15) is 5.69 Å². The van der Waals surface area contributed by atoms with Crippen molar-refractivity contribution in [1.82, 2.24) is 24.7 Å². The van der Waals surface area contributed by atoms with E-state index in [1.54, 1.807) is 12.4 Å². The summed E-state index contributed by atoms with van der Waals surface area (Å²) >= 11 is 0. The molecule has 192 valence electrons. The number of nitrogens with zero attached hydrogens (tertiary/aromatic N) is 5. The van der Waals surface area contributed by atoms with Gasteiger partial charge in [-0.2, -0.15) is 0 Å². The minimum absolute atomic E-state index is 0.0466. The monoisotopic (exact) mass is 491 g/mol. The molecule has 0 radical (unpaired) electrons. The van der Waals surface area contributed by atoms with Gasteiger partial charge in [0.15, 0.2) is 0 Å². The number of benzene rings is 1. The quantitative estimate of drug-likeness (QED) is 0.639. The molecule has 0 N–H and O–H groups in total. The Bertz CT molecular complexity index is 1030. The predicted molar refractivity (Wildman–Crippen MR) is 137 cm³/mol. The van der Waals surface area contributed by atoms with E-state index in [-0.39, 0.29) is 17.9 Å². The Balaban J connectivity index is 1.19. The van der Waals surface area contributed by atoms with E-state index in [0.717, 1.165) is 82.8 Å². The molecule has 3 saturated heterocycles. The van der Waals surface area contributed by atoms with Crippen molar-refractivity contribution in [3.05, 3.63) is 59.2 Å². The SMILES string of the molecule is Cc1cnc(C(=O)N2CCC(C3CCCCN3C(=O)c3ccc(CN4CCOCC4)cc3)CC2)cn1. The lowest BCUT2D eigenvalue weighted by Crippen LogP contribution is -2.51. The van der Waals surface area contributed by atoms with Crippen molar-refractivity contribution in [3.63, 3.8) is 0 Å². The summed E-state index contributed by atoms with van der Waals surface area (Å²) < 4.78 is 5.44. The molecule has 1 atom stereocenters. The van der Waals surface area contributed by atoms with Gasteiger partial charge in [0, 0.05) is 57.1 Å². The number of likely N-dealkylation sites (tertiary alicyclic amines) is 2. The van der Waals surface area contributed by atoms with Crippen molar-refractivity contribution in [2.45, 2.75) is 51.6 Å². The first-order chi connectivity index (χ1) is 17.6. The number of piperidine rings is 2. The molecule has 3 fully saturated rings. The summed E-state index contributed by atoms with van der Waals surface area (Å²) in [6, 6.07) is 8.43. The fourth-order valence-electron chi connectivity index (χ4n) is 5.79. The highest BCUT2D eigenvalue weighted by atomic mass is 16.5. The molecule has 0 spiro atoms. The summed E-state index contributed by atoms with van der Waals surface area (Å²) in [5.74, 6) is 0.517. The number of aryl methyl sites for hydroxylation is 1. The second kappa shape index (κ2) is 11.5. The normalized spacial score (nSPS) is 22.0. The molecular weight excluding hydrogens is 454 g/mol. The molecule has 0 aliphatic carbocycles. The average molecular weight is 492 g/mol. The van der Waals surface area contributed by atoms with Crippen LogP contribution in [0.4, 0.5) is 0 Å². The predicted octanol–water partition coefficient (Wildman–Crippen LogP) is 3.16. The molecule has 8 nitrogen and oxygen atoms in total. The maximum atomic E-state index is 13.6. The summed E-state index contributed by atoms with van der Waals surface area (Å²) in [5, 5.41) is 0. The Labute approximate surface area is 213 Å². The van der Waals surface area contributed by atoms with Gasteiger partial charge >= 0.3 is 0 Å². The van der Waals surface area contributed by atoms with Gasteiger partial charge < -0.3 is 14.5 Å². The van der Waals surface area contributed by atoms with Crippen LogP contribution in [-0.2, 0) is 11.3 Å². The number of carbonyl (C=O) groups is 2. The highest BCUT2D eigenvalue weighted by Gasteiger charge is 2.36. The third kappa shape index (κ3) is 5.76. The first kappa shape index (κ1) is 24.8. The Hall–Kier alpha value is -2.84. The highest BCUT2D eigenvalue weighted by Crippen LogP contribution is 2.32. The van der Waals surface area contributed by atoms with Crippen molar-refractivity contribution >= 4 is 11.8 Å². The van der Waals surface area contributed by atoms with Crippen molar-refractivity contribution in [2.75, 3.05) is 45.9 Å². The Morgan fingerprint density at radius 3 is 2.33 bits per heavy atom. The van der Waals surface area contributed by atoms with Gasteiger partial charge in [-0.25, -0.2) is 4.98 Å². The van der Waals surface area contributed by atoms with Crippen LogP contribution >= 0.6 is 0 Å². The number of morpholine rings is 1. The first-order valence-electron chi connectivity index (χ1n) is 13.4. The Morgan fingerprint density at radius 1 is 0.889 bits per heavy atom. The summed E-state index contributed by atoms with van der Waals surface area (Å²) in [5.41, 5.74) is 3.22. The number of amides is 2. The van der Waals surface area contributed by atoms with Crippen molar-refractivity contribution in [1.29, 1.82) is 0 Å². The van der Waals surface area contributed by atoms with Gasteiger partial charge in [-0.05, 0) is 62.6 Å². The van der Waals surface area contributed by atoms with Crippen LogP contribution < -0.4 is 0 Å². The number of carbonyl (C=O) groups excluding carboxylic acids is 2. The lowest BCUT2D eigenvalue weighted by atomic mass is 9.83. The number of ether oxygens (including phenoxy) is 1. The van der Waals surface area contributed by atoms with Crippen molar-refractivity contribution < 1.29 is 14.3 Å². The van der Waals surface area contributed by atoms with Gasteiger partial charge in [0.25, 0.3) is 11.8 Å². The molecule has 1 aromatic carbocycles. The van der Waals surface area contributed by atoms with Gasteiger partial charge in [-0.15, -0.1) is 0 Å². The van der Waals surface area contributed by atoms with Crippen LogP contribution in [0.3, 0.4) is 0 Å². The maximum absolute atomic E-state index is 13.6. The molecule has 2 amide bonds. The second-order valence-electron chi connectivity index (χ2n) is 10.3. The minimum Gasteiger partial charge on any atom is -0.379 e. The fraction of sp³-hybridized carbons (Fsp3) is 0.571. The summed E-state index contributed by atoms with van der Waals surface area (Å²) in [6.07, 6.45) is 8.29. The minimum atomic E-state index is -0.0466. The molecular formula is C28H37N5O3. The number of hydrogen-bond donors (Lipinski definition) is 0. The zero-order valence-corrected chi connectivity index (χ0v) is 21.3. The van der Waals surface area contributed by atoms with E-state index in [0.29, 0.717) is 24.7 Å². The molecule has 0 bridgehead atoms. The fourth-order valence-corrected chi connectivity index (χ4v) is 5.79. The molecule has 8 heteroatoms. The lowest BCUT2D eigenvalue weighted by Gasteiger charge is -2.43. The van der Waals surface area contributed by atoms with Crippen LogP contribution in [0.2, 0.25) is 0 Å². The van der Waals surface area contributed by atoms with E-state index in [4.69, 9.17) is 4.74 Å². The summed E-state index contributed by atoms with van der Waals surface area (Å²) in [4.78, 5) is 41.3. The van der Waals surface area contributed by atoms with E-state index >= 15 is 0 Å². The molecule has 3 aliphatic rings. The smallest absolute Gasteiger partial charge is 0.274 e. The third-order valence-electron chi connectivity index (χ3n) is 7.89. The van der Waals surface area contributed by atoms with Crippen LogP contribution in [0, 0.1) is 12.8 Å². The molecule has 36 heavy (non-hydrogen) atoms. The zero-order valence-electron chi connectivity index (χ0n) is 21.3. The van der Waals surface area contributed by atoms with E-state index < -0.39 is 0 Å². The Kier molecular flexibility index (Phi) is 7.92. The standard InChI is InChI=1S/C28H37N5O3/c1-21-18-30-25(19-29-21)28(35)32-12-9-23(10-13-32)26-4-2-3-11-33(26)27(34)24-7-5-22(6-8-24)20-31-14-16-36-17-15-31/h5-8,18-19,23,26H,2-4,9-17,20H2,1H3. The molecule has 4 heterocycles. The van der Waals surface area contributed by atoms with Crippen LogP contribution in [0.1, 0.15) is 64.2 Å². The largest absolute Gasteiger partial charge is 0.379 e. The molecule has 2 aromatic rings. The summed E-state index contributed by atoms with van der Waals surface area (Å²) in [7, 11) is 0. The molecule has 0 saturated carbocycles. The second-order valence-corrected chi connectivity index (χ2v) is 10.3. The summed E-state index contributed by atoms with van der Waals surface area (Å²) in [6.45, 7) is 8.48. The van der Waals surface area contributed by atoms with Gasteiger partial charge in [0.2, 0.25) is 0 Å². The van der Waals surface area contributed by atoms with E-state index in [2.05, 4.69) is 31.9 Å². The van der Waals surface area contributed by atoms with Gasteiger partial charge in [0.05, 0.1) is 25.1 Å². The first-order valence-corrected chi connectivity index (χ1v) is 13.4.